The van der Waals surface area contributed by atoms with E-state index in [9.17, 15) is 0 Å². The average Bonchev–Trinajstić information content (AvgIpc) is 2.16. The van der Waals surface area contributed by atoms with E-state index in [0.717, 1.165) is 17.9 Å². The summed E-state index contributed by atoms with van der Waals surface area (Å²) in [6.07, 6.45) is 2.84. The Bertz CT molecular complexity index is 241. The number of allylic oxidation sites excluding steroid dienone is 1. The molecule has 0 radical (unpaired) electrons. The van der Waals surface area contributed by atoms with E-state index in [-0.39, 0.29) is 6.10 Å². The average molecular weight is 184 g/mol. The van der Waals surface area contributed by atoms with Crippen molar-refractivity contribution < 1.29 is 14.2 Å². The molecule has 0 saturated heterocycles. The van der Waals surface area contributed by atoms with Crippen LogP contribution >= 0.6 is 0 Å². The van der Waals surface area contributed by atoms with E-state index in [1.165, 1.54) is 5.57 Å². The van der Waals surface area contributed by atoms with Crippen molar-refractivity contribution in [3.8, 4) is 0 Å². The van der Waals surface area contributed by atoms with Gasteiger partial charge in [0, 0.05) is 13.5 Å². The summed E-state index contributed by atoms with van der Waals surface area (Å²) in [6, 6.07) is 0. The van der Waals surface area contributed by atoms with Crippen LogP contribution in [0.5, 0.6) is 0 Å². The van der Waals surface area contributed by atoms with Crippen molar-refractivity contribution in [1.82, 2.24) is 0 Å². The van der Waals surface area contributed by atoms with Gasteiger partial charge in [0.05, 0.1) is 14.2 Å². The van der Waals surface area contributed by atoms with E-state index in [4.69, 9.17) is 14.2 Å². The molecular weight excluding hydrogens is 168 g/mol. The second-order valence-corrected chi connectivity index (χ2v) is 3.06. The van der Waals surface area contributed by atoms with Crippen LogP contribution < -0.4 is 0 Å². The minimum absolute atomic E-state index is 0.00931. The molecule has 0 bridgehead atoms. The highest BCUT2D eigenvalue weighted by Crippen LogP contribution is 2.26. The van der Waals surface area contributed by atoms with E-state index in [2.05, 4.69) is 6.92 Å². The zero-order chi connectivity index (χ0) is 9.84. The van der Waals surface area contributed by atoms with Gasteiger partial charge in [0.2, 0.25) is 0 Å². The van der Waals surface area contributed by atoms with Gasteiger partial charge in [-0.15, -0.1) is 0 Å². The van der Waals surface area contributed by atoms with Crippen LogP contribution in [-0.2, 0) is 14.2 Å². The second kappa shape index (κ2) is 4.33. The maximum Gasteiger partial charge on any atom is 0.166 e. The van der Waals surface area contributed by atoms with Crippen LogP contribution in [0.4, 0.5) is 0 Å². The minimum atomic E-state index is -0.00931. The third-order valence-corrected chi connectivity index (χ3v) is 2.14. The number of hydrogen-bond acceptors (Lipinski definition) is 3. The predicted octanol–water partition coefficient (Wildman–Crippen LogP) is 1.86. The van der Waals surface area contributed by atoms with Crippen LogP contribution in [0, 0.1) is 0 Å². The lowest BCUT2D eigenvalue weighted by Gasteiger charge is -2.24. The zero-order valence-corrected chi connectivity index (χ0v) is 8.59. The van der Waals surface area contributed by atoms with E-state index >= 15 is 0 Å². The van der Waals surface area contributed by atoms with Crippen molar-refractivity contribution in [2.75, 3.05) is 21.3 Å². The number of ether oxygens (including phenoxy) is 3. The van der Waals surface area contributed by atoms with Crippen LogP contribution in [0.2, 0.25) is 0 Å². The number of hydrogen-bond donors (Lipinski definition) is 0. The molecule has 0 amide bonds. The van der Waals surface area contributed by atoms with E-state index in [0.29, 0.717) is 0 Å². The highest BCUT2D eigenvalue weighted by Gasteiger charge is 2.23. The first kappa shape index (κ1) is 10.1. The van der Waals surface area contributed by atoms with Gasteiger partial charge in [0.1, 0.15) is 6.10 Å². The smallest absolute Gasteiger partial charge is 0.166 e. The Morgan fingerprint density at radius 1 is 1.23 bits per heavy atom. The molecule has 0 fully saturated rings. The quantitative estimate of drug-likeness (QED) is 0.670. The zero-order valence-electron chi connectivity index (χ0n) is 8.59. The van der Waals surface area contributed by atoms with Gasteiger partial charge in [0.15, 0.2) is 11.5 Å². The van der Waals surface area contributed by atoms with Crippen LogP contribution in [0.3, 0.4) is 0 Å². The van der Waals surface area contributed by atoms with Gasteiger partial charge in [0.25, 0.3) is 0 Å². The van der Waals surface area contributed by atoms with Gasteiger partial charge in [-0.2, -0.15) is 0 Å². The Labute approximate surface area is 79.0 Å². The Hall–Kier alpha value is -0.960. The van der Waals surface area contributed by atoms with E-state index < -0.39 is 0 Å². The first-order chi connectivity index (χ1) is 6.22. The lowest BCUT2D eigenvalue weighted by atomic mass is 10.0. The lowest BCUT2D eigenvalue weighted by Crippen LogP contribution is -2.21. The van der Waals surface area contributed by atoms with Gasteiger partial charge in [-0.1, -0.05) is 5.57 Å². The molecule has 0 heterocycles. The number of methoxy groups -OCH3 is 3. The molecule has 0 spiro atoms. The molecule has 13 heavy (non-hydrogen) atoms. The molecule has 1 atom stereocenters. The Morgan fingerprint density at radius 2 is 1.92 bits per heavy atom. The molecule has 0 aromatic rings. The van der Waals surface area contributed by atoms with Gasteiger partial charge in [-0.25, -0.2) is 0 Å². The molecule has 0 aromatic carbocycles. The van der Waals surface area contributed by atoms with Crippen molar-refractivity contribution in [3.63, 3.8) is 0 Å². The molecule has 3 heteroatoms. The maximum absolute atomic E-state index is 5.29. The SMILES string of the molecule is COC1=C(OC)C(OC)CC(C)=C1. The summed E-state index contributed by atoms with van der Waals surface area (Å²) >= 11 is 0. The Kier molecular flexibility index (Phi) is 3.37. The fourth-order valence-corrected chi connectivity index (χ4v) is 1.48. The summed E-state index contributed by atoms with van der Waals surface area (Å²) in [4.78, 5) is 0. The van der Waals surface area contributed by atoms with E-state index in [1.807, 2.05) is 6.08 Å². The monoisotopic (exact) mass is 184 g/mol. The minimum Gasteiger partial charge on any atom is -0.494 e. The topological polar surface area (TPSA) is 27.7 Å². The standard InChI is InChI=1S/C10H16O3/c1-7-5-8(11-2)10(13-4)9(6-7)12-3/h5,9H,6H2,1-4H3. The highest BCUT2D eigenvalue weighted by atomic mass is 16.5. The molecule has 1 aliphatic carbocycles. The second-order valence-electron chi connectivity index (χ2n) is 3.06. The molecule has 1 rings (SSSR count). The third-order valence-electron chi connectivity index (χ3n) is 2.14. The van der Waals surface area contributed by atoms with Crippen molar-refractivity contribution >= 4 is 0 Å². The first-order valence-electron chi connectivity index (χ1n) is 4.25. The van der Waals surface area contributed by atoms with Crippen molar-refractivity contribution in [1.29, 1.82) is 0 Å². The molecule has 0 N–H and O–H groups in total. The summed E-state index contributed by atoms with van der Waals surface area (Å²) in [6.45, 7) is 2.05. The lowest BCUT2D eigenvalue weighted by molar-refractivity contribution is 0.0653. The largest absolute Gasteiger partial charge is 0.494 e. The van der Waals surface area contributed by atoms with Crippen LogP contribution in [0.25, 0.3) is 0 Å². The fourth-order valence-electron chi connectivity index (χ4n) is 1.48. The van der Waals surface area contributed by atoms with Crippen LogP contribution in [0.15, 0.2) is 23.2 Å². The summed E-state index contributed by atoms with van der Waals surface area (Å²) < 4.78 is 15.7. The molecule has 3 nitrogen and oxygen atoms in total. The predicted molar refractivity (Wildman–Crippen MR) is 50.2 cm³/mol. The summed E-state index contributed by atoms with van der Waals surface area (Å²) in [5.41, 5.74) is 1.24. The van der Waals surface area contributed by atoms with Crippen LogP contribution in [0.1, 0.15) is 13.3 Å². The van der Waals surface area contributed by atoms with Crippen molar-refractivity contribution in [2.24, 2.45) is 0 Å². The molecule has 1 unspecified atom stereocenters. The fraction of sp³-hybridized carbons (Fsp3) is 0.600. The Balaban J connectivity index is 2.96. The molecular formula is C10H16O3. The van der Waals surface area contributed by atoms with Crippen molar-refractivity contribution in [2.45, 2.75) is 19.4 Å². The van der Waals surface area contributed by atoms with Crippen molar-refractivity contribution in [3.05, 3.63) is 23.2 Å². The normalized spacial score (nSPS) is 22.8. The third kappa shape index (κ3) is 2.04. The van der Waals surface area contributed by atoms with Gasteiger partial charge in [-0.3, -0.25) is 0 Å². The summed E-state index contributed by atoms with van der Waals surface area (Å²) in [5, 5.41) is 0. The number of rotatable bonds is 3. The summed E-state index contributed by atoms with van der Waals surface area (Å²) in [5.74, 6) is 1.54. The molecule has 0 aromatic heterocycles. The first-order valence-corrected chi connectivity index (χ1v) is 4.25. The van der Waals surface area contributed by atoms with Crippen LogP contribution in [-0.4, -0.2) is 27.4 Å². The Morgan fingerprint density at radius 3 is 2.38 bits per heavy atom. The molecule has 1 aliphatic rings. The van der Waals surface area contributed by atoms with E-state index in [1.54, 1.807) is 21.3 Å². The highest BCUT2D eigenvalue weighted by molar-refractivity contribution is 5.29. The van der Waals surface area contributed by atoms with Gasteiger partial charge < -0.3 is 14.2 Å². The maximum atomic E-state index is 5.29. The van der Waals surface area contributed by atoms with Gasteiger partial charge >= 0.3 is 0 Å². The molecule has 0 aliphatic heterocycles. The molecule has 74 valence electrons. The summed E-state index contributed by atoms with van der Waals surface area (Å²) in [7, 11) is 4.95. The van der Waals surface area contributed by atoms with Gasteiger partial charge in [-0.05, 0) is 13.0 Å². The molecule has 0 saturated carbocycles.